The zero-order chi connectivity index (χ0) is 26.9. The van der Waals surface area contributed by atoms with Crippen LogP contribution < -0.4 is 4.74 Å². The van der Waals surface area contributed by atoms with E-state index >= 15 is 0 Å². The minimum atomic E-state index is -0.654. The van der Waals surface area contributed by atoms with Crippen molar-refractivity contribution in [1.82, 2.24) is 0 Å². The van der Waals surface area contributed by atoms with Crippen LogP contribution in [0.15, 0.2) is 42.0 Å². The molecule has 1 heterocycles. The zero-order valence-electron chi connectivity index (χ0n) is 20.6. The van der Waals surface area contributed by atoms with E-state index in [1.807, 2.05) is 42.5 Å². The van der Waals surface area contributed by atoms with Crippen LogP contribution >= 0.6 is 11.3 Å². The molecule has 37 heavy (non-hydrogen) atoms. The van der Waals surface area contributed by atoms with E-state index in [0.717, 1.165) is 22.1 Å². The number of rotatable bonds is 10. The SMILES string of the molecule is CCOC(=O)c1sc(CC(=O)/C(C#N)=C/c2c(OCC#N)ccc3ccccc23)c(C(=O)OCC)c1C. The molecule has 0 saturated carbocycles. The van der Waals surface area contributed by atoms with Crippen molar-refractivity contribution in [3.05, 3.63) is 68.4 Å². The molecule has 0 radical (unpaired) electrons. The Bertz CT molecular complexity index is 1470. The fourth-order valence-corrected chi connectivity index (χ4v) is 4.97. The van der Waals surface area contributed by atoms with Gasteiger partial charge in [-0.3, -0.25) is 4.79 Å². The average molecular weight is 517 g/mol. The molecule has 0 aliphatic carbocycles. The Kier molecular flexibility index (Phi) is 9.15. The van der Waals surface area contributed by atoms with E-state index in [4.69, 9.17) is 19.5 Å². The van der Waals surface area contributed by atoms with Gasteiger partial charge in [0, 0.05) is 16.9 Å². The number of nitrogens with zero attached hydrogens (tertiary/aromatic N) is 2. The van der Waals surface area contributed by atoms with Crippen molar-refractivity contribution >= 4 is 45.9 Å². The Balaban J connectivity index is 2.07. The highest BCUT2D eigenvalue weighted by atomic mass is 32.1. The number of carbonyl (C=O) groups is 3. The van der Waals surface area contributed by atoms with Crippen LogP contribution in [0.4, 0.5) is 0 Å². The molecule has 0 aliphatic heterocycles. The minimum Gasteiger partial charge on any atom is -0.478 e. The van der Waals surface area contributed by atoms with Crippen molar-refractivity contribution in [3.8, 4) is 17.9 Å². The van der Waals surface area contributed by atoms with Gasteiger partial charge >= 0.3 is 11.9 Å². The molecule has 2 aromatic carbocycles. The van der Waals surface area contributed by atoms with Crippen LogP contribution in [-0.4, -0.2) is 37.5 Å². The summed E-state index contributed by atoms with van der Waals surface area (Å²) in [7, 11) is 0. The zero-order valence-corrected chi connectivity index (χ0v) is 21.4. The number of hydrogen-bond donors (Lipinski definition) is 0. The Morgan fingerprint density at radius 3 is 2.38 bits per heavy atom. The van der Waals surface area contributed by atoms with E-state index < -0.39 is 17.7 Å². The molecule has 1 aromatic heterocycles. The maximum absolute atomic E-state index is 13.3. The monoisotopic (exact) mass is 516 g/mol. The summed E-state index contributed by atoms with van der Waals surface area (Å²) in [6.45, 7) is 4.99. The lowest BCUT2D eigenvalue weighted by atomic mass is 9.98. The summed E-state index contributed by atoms with van der Waals surface area (Å²) < 4.78 is 15.8. The molecular formula is C28H24N2O6S. The van der Waals surface area contributed by atoms with Crippen LogP contribution in [-0.2, 0) is 20.7 Å². The van der Waals surface area contributed by atoms with Gasteiger partial charge in [0.15, 0.2) is 12.4 Å². The smallest absolute Gasteiger partial charge is 0.348 e. The Hall–Kier alpha value is -4.47. The number of hydrogen-bond acceptors (Lipinski definition) is 9. The van der Waals surface area contributed by atoms with E-state index in [2.05, 4.69) is 0 Å². The molecule has 9 heteroatoms. The molecule has 3 aromatic rings. The predicted molar refractivity (Wildman–Crippen MR) is 138 cm³/mol. The minimum absolute atomic E-state index is 0.117. The second-order valence-electron chi connectivity index (χ2n) is 7.71. The summed E-state index contributed by atoms with van der Waals surface area (Å²) in [5, 5.41) is 20.4. The first-order valence-electron chi connectivity index (χ1n) is 11.5. The molecule has 0 aliphatic rings. The third-order valence-corrected chi connectivity index (χ3v) is 6.69. The van der Waals surface area contributed by atoms with Crippen LogP contribution in [0.25, 0.3) is 16.8 Å². The predicted octanol–water partition coefficient (Wildman–Crippen LogP) is 5.18. The second-order valence-corrected chi connectivity index (χ2v) is 8.82. The van der Waals surface area contributed by atoms with Crippen molar-refractivity contribution in [3.63, 3.8) is 0 Å². The maximum Gasteiger partial charge on any atom is 0.348 e. The van der Waals surface area contributed by atoms with Gasteiger partial charge in [0.05, 0.1) is 24.4 Å². The van der Waals surface area contributed by atoms with Gasteiger partial charge in [-0.15, -0.1) is 11.3 Å². The summed E-state index contributed by atoms with van der Waals surface area (Å²) >= 11 is 0.974. The van der Waals surface area contributed by atoms with Crippen LogP contribution in [0.5, 0.6) is 5.75 Å². The number of thiophene rings is 1. The molecule has 0 amide bonds. The third-order valence-electron chi connectivity index (χ3n) is 5.41. The summed E-state index contributed by atoms with van der Waals surface area (Å²) in [6.07, 6.45) is 1.13. The van der Waals surface area contributed by atoms with Crippen molar-refractivity contribution in [2.24, 2.45) is 0 Å². The fourth-order valence-electron chi connectivity index (χ4n) is 3.78. The van der Waals surface area contributed by atoms with Gasteiger partial charge in [0.2, 0.25) is 0 Å². The molecule has 188 valence electrons. The molecular weight excluding hydrogens is 492 g/mol. The first kappa shape index (κ1) is 27.1. The largest absolute Gasteiger partial charge is 0.478 e. The quantitative estimate of drug-likeness (QED) is 0.205. The second kappa shape index (κ2) is 12.5. The van der Waals surface area contributed by atoms with E-state index in [1.165, 1.54) is 6.08 Å². The highest BCUT2D eigenvalue weighted by Gasteiger charge is 2.28. The normalized spacial score (nSPS) is 10.9. The maximum atomic E-state index is 13.3. The highest BCUT2D eigenvalue weighted by Crippen LogP contribution is 2.33. The molecule has 0 atom stereocenters. The van der Waals surface area contributed by atoms with Gasteiger partial charge in [-0.1, -0.05) is 30.3 Å². The van der Waals surface area contributed by atoms with Gasteiger partial charge in [-0.05, 0) is 49.2 Å². The Morgan fingerprint density at radius 1 is 1.00 bits per heavy atom. The van der Waals surface area contributed by atoms with Gasteiger partial charge in [0.25, 0.3) is 0 Å². The number of allylic oxidation sites excluding steroid dienone is 1. The van der Waals surface area contributed by atoms with E-state index in [-0.39, 0.29) is 42.3 Å². The lowest BCUT2D eigenvalue weighted by Gasteiger charge is -2.10. The molecule has 3 rings (SSSR count). The Morgan fingerprint density at radius 2 is 1.70 bits per heavy atom. The van der Waals surface area contributed by atoms with Crippen molar-refractivity contribution in [2.75, 3.05) is 19.8 Å². The summed E-state index contributed by atoms with van der Waals surface area (Å²) in [5.41, 5.74) is 0.812. The number of ketones is 1. The number of fused-ring (bicyclic) bond motifs is 1. The lowest BCUT2D eigenvalue weighted by molar-refractivity contribution is -0.114. The molecule has 0 unspecified atom stereocenters. The van der Waals surface area contributed by atoms with Crippen LogP contribution in [0.2, 0.25) is 0 Å². The number of ether oxygens (including phenoxy) is 3. The molecule has 0 bridgehead atoms. The van der Waals surface area contributed by atoms with Crippen LogP contribution in [0, 0.1) is 29.6 Å². The summed E-state index contributed by atoms with van der Waals surface area (Å²) in [5.74, 6) is -1.45. The van der Waals surface area contributed by atoms with Gasteiger partial charge in [0.1, 0.15) is 22.8 Å². The number of benzene rings is 2. The van der Waals surface area contributed by atoms with Crippen LogP contribution in [0.1, 0.15) is 49.9 Å². The molecule has 0 spiro atoms. The average Bonchev–Trinajstić information content (AvgIpc) is 3.21. The number of Topliss-reactive ketones (excluding diaryl/α,β-unsaturated/α-hetero) is 1. The van der Waals surface area contributed by atoms with E-state index in [1.54, 1.807) is 26.8 Å². The van der Waals surface area contributed by atoms with Gasteiger partial charge in [-0.25, -0.2) is 9.59 Å². The summed E-state index contributed by atoms with van der Waals surface area (Å²) in [4.78, 5) is 38.9. The molecule has 0 fully saturated rings. The van der Waals surface area contributed by atoms with Crippen molar-refractivity contribution in [2.45, 2.75) is 27.2 Å². The highest BCUT2D eigenvalue weighted by molar-refractivity contribution is 7.14. The molecule has 0 saturated heterocycles. The third kappa shape index (κ3) is 6.03. The Labute approximate surface area is 218 Å². The molecule has 0 N–H and O–H groups in total. The number of nitriles is 2. The fraction of sp³-hybridized carbons (Fsp3) is 0.250. The van der Waals surface area contributed by atoms with E-state index in [9.17, 15) is 19.6 Å². The number of esters is 2. The topological polar surface area (TPSA) is 126 Å². The molecule has 8 nitrogen and oxygen atoms in total. The first-order valence-corrected chi connectivity index (χ1v) is 12.3. The van der Waals surface area contributed by atoms with Crippen LogP contribution in [0.3, 0.4) is 0 Å². The number of carbonyl (C=O) groups excluding carboxylic acids is 3. The van der Waals surface area contributed by atoms with Crippen molar-refractivity contribution in [1.29, 1.82) is 10.5 Å². The van der Waals surface area contributed by atoms with Crippen molar-refractivity contribution < 1.29 is 28.6 Å². The first-order chi connectivity index (χ1) is 17.9. The lowest BCUT2D eigenvalue weighted by Crippen LogP contribution is -2.12. The summed E-state index contributed by atoms with van der Waals surface area (Å²) in [6, 6.07) is 14.7. The van der Waals surface area contributed by atoms with Gasteiger partial charge < -0.3 is 14.2 Å². The van der Waals surface area contributed by atoms with Gasteiger partial charge in [-0.2, -0.15) is 10.5 Å². The standard InChI is InChI=1S/C28H24N2O6S/c1-4-34-27(32)25-17(3)26(28(33)35-5-2)37-24(25)15-22(31)19(16-30)14-21-20-9-7-6-8-18(20)10-11-23(21)36-13-12-29/h6-11,14H,4-5,13,15H2,1-3H3/b19-14+. The van der Waals surface area contributed by atoms with E-state index in [0.29, 0.717) is 21.8 Å².